The molecular weight excluding hydrogens is 176 g/mol. The number of hydrogen-bond donors (Lipinski definition) is 1. The van der Waals surface area contributed by atoms with Crippen LogP contribution >= 0.6 is 0 Å². The highest BCUT2D eigenvalue weighted by atomic mass is 16.1. The summed E-state index contributed by atoms with van der Waals surface area (Å²) in [4.78, 5) is 11.7. The fourth-order valence-electron chi connectivity index (χ4n) is 2.28. The predicted molar refractivity (Wildman–Crippen MR) is 57.4 cm³/mol. The largest absolute Gasteiger partial charge is 0.397 e. The second-order valence-electron chi connectivity index (χ2n) is 4.02. The van der Waals surface area contributed by atoms with E-state index < -0.39 is 0 Å². The minimum absolute atomic E-state index is 0.0867. The third-order valence-corrected chi connectivity index (χ3v) is 3.11. The number of anilines is 1. The van der Waals surface area contributed by atoms with E-state index in [-0.39, 0.29) is 5.56 Å². The molecule has 1 fully saturated rings. The Balaban J connectivity index is 2.49. The van der Waals surface area contributed by atoms with Gasteiger partial charge in [-0.3, -0.25) is 4.79 Å². The number of hydrogen-bond acceptors (Lipinski definition) is 2. The smallest absolute Gasteiger partial charge is 0.251 e. The lowest BCUT2D eigenvalue weighted by molar-refractivity contribution is 0.492. The first-order chi connectivity index (χ1) is 6.70. The molecule has 1 aromatic heterocycles. The molecule has 0 saturated heterocycles. The molecule has 2 rings (SSSR count). The second kappa shape index (κ2) is 3.48. The summed E-state index contributed by atoms with van der Waals surface area (Å²) in [5.74, 6) is 0. The van der Waals surface area contributed by atoms with E-state index in [0.717, 1.165) is 24.2 Å². The highest BCUT2D eigenvalue weighted by Gasteiger charge is 2.19. The zero-order chi connectivity index (χ0) is 10.1. The van der Waals surface area contributed by atoms with Crippen LogP contribution in [0.5, 0.6) is 0 Å². The molecule has 3 heteroatoms. The van der Waals surface area contributed by atoms with Gasteiger partial charge in [0, 0.05) is 17.8 Å². The molecule has 3 nitrogen and oxygen atoms in total. The number of nitrogens with zero attached hydrogens (tertiary/aromatic N) is 1. The summed E-state index contributed by atoms with van der Waals surface area (Å²) < 4.78 is 1.86. The first-order valence-corrected chi connectivity index (χ1v) is 5.18. The van der Waals surface area contributed by atoms with Crippen LogP contribution in [0.3, 0.4) is 0 Å². The maximum absolute atomic E-state index is 11.7. The van der Waals surface area contributed by atoms with Crippen LogP contribution in [0.25, 0.3) is 0 Å². The van der Waals surface area contributed by atoms with Gasteiger partial charge in [0.2, 0.25) is 0 Å². The van der Waals surface area contributed by atoms with Crippen molar-refractivity contribution in [3.63, 3.8) is 0 Å². The Morgan fingerprint density at radius 2 is 2.00 bits per heavy atom. The monoisotopic (exact) mass is 192 g/mol. The minimum atomic E-state index is 0.0867. The maximum atomic E-state index is 11.7. The molecule has 0 unspecified atom stereocenters. The Hall–Kier alpha value is -1.25. The Labute approximate surface area is 83.5 Å². The highest BCUT2D eigenvalue weighted by Crippen LogP contribution is 2.29. The normalized spacial score (nSPS) is 17.5. The molecule has 1 aliphatic rings. The molecule has 0 amide bonds. The summed E-state index contributed by atoms with van der Waals surface area (Å²) in [5, 5.41) is 0. The molecule has 0 atom stereocenters. The third kappa shape index (κ3) is 1.43. The summed E-state index contributed by atoms with van der Waals surface area (Å²) in [6.45, 7) is 1.93. The van der Waals surface area contributed by atoms with Crippen LogP contribution in [0.15, 0.2) is 16.9 Å². The molecule has 1 saturated carbocycles. The van der Waals surface area contributed by atoms with E-state index in [1.807, 2.05) is 11.5 Å². The lowest BCUT2D eigenvalue weighted by Crippen LogP contribution is -2.25. The van der Waals surface area contributed by atoms with Crippen molar-refractivity contribution in [3.05, 3.63) is 28.2 Å². The standard InChI is InChI=1S/C11H16N2O/c1-8-10(12)6-7-11(14)13(8)9-4-2-3-5-9/h6-7,9H,2-5,12H2,1H3. The van der Waals surface area contributed by atoms with E-state index in [1.165, 1.54) is 12.8 Å². The Kier molecular flexibility index (Phi) is 2.32. The van der Waals surface area contributed by atoms with Crippen LogP contribution in [0.2, 0.25) is 0 Å². The van der Waals surface area contributed by atoms with Gasteiger partial charge in [-0.05, 0) is 25.8 Å². The number of rotatable bonds is 1. The first-order valence-electron chi connectivity index (χ1n) is 5.18. The van der Waals surface area contributed by atoms with Gasteiger partial charge in [0.05, 0.1) is 5.69 Å². The highest BCUT2D eigenvalue weighted by molar-refractivity contribution is 5.42. The van der Waals surface area contributed by atoms with Crippen LogP contribution in [0, 0.1) is 6.92 Å². The second-order valence-corrected chi connectivity index (χ2v) is 4.02. The van der Waals surface area contributed by atoms with Gasteiger partial charge >= 0.3 is 0 Å². The molecule has 0 bridgehead atoms. The van der Waals surface area contributed by atoms with Crippen LogP contribution in [-0.4, -0.2) is 4.57 Å². The fourth-order valence-corrected chi connectivity index (χ4v) is 2.28. The molecule has 14 heavy (non-hydrogen) atoms. The van der Waals surface area contributed by atoms with Crippen molar-refractivity contribution < 1.29 is 0 Å². The van der Waals surface area contributed by atoms with Crippen molar-refractivity contribution >= 4 is 5.69 Å². The molecule has 2 N–H and O–H groups in total. The maximum Gasteiger partial charge on any atom is 0.251 e. The van der Waals surface area contributed by atoms with Crippen molar-refractivity contribution in [3.8, 4) is 0 Å². The molecule has 0 aromatic carbocycles. The Morgan fingerprint density at radius 1 is 1.36 bits per heavy atom. The third-order valence-electron chi connectivity index (χ3n) is 3.11. The number of pyridine rings is 1. The molecule has 1 aliphatic carbocycles. The van der Waals surface area contributed by atoms with E-state index >= 15 is 0 Å². The fraction of sp³-hybridized carbons (Fsp3) is 0.545. The Morgan fingerprint density at radius 3 is 2.64 bits per heavy atom. The minimum Gasteiger partial charge on any atom is -0.397 e. The summed E-state index contributed by atoms with van der Waals surface area (Å²) in [6, 6.07) is 3.65. The van der Waals surface area contributed by atoms with E-state index in [2.05, 4.69) is 0 Å². The van der Waals surface area contributed by atoms with Crippen molar-refractivity contribution in [1.82, 2.24) is 4.57 Å². The van der Waals surface area contributed by atoms with Gasteiger partial charge in [-0.2, -0.15) is 0 Å². The number of nitrogen functional groups attached to an aromatic ring is 1. The van der Waals surface area contributed by atoms with E-state index in [9.17, 15) is 4.79 Å². The van der Waals surface area contributed by atoms with Crippen molar-refractivity contribution in [2.75, 3.05) is 5.73 Å². The van der Waals surface area contributed by atoms with Crippen molar-refractivity contribution in [2.45, 2.75) is 38.6 Å². The summed E-state index contributed by atoms with van der Waals surface area (Å²) >= 11 is 0. The SMILES string of the molecule is Cc1c(N)ccc(=O)n1C1CCCC1. The summed E-state index contributed by atoms with van der Waals surface area (Å²) in [7, 11) is 0. The molecule has 0 spiro atoms. The molecule has 1 aromatic rings. The summed E-state index contributed by atoms with van der Waals surface area (Å²) in [6.07, 6.45) is 4.69. The zero-order valence-electron chi connectivity index (χ0n) is 8.49. The quantitative estimate of drug-likeness (QED) is 0.738. The van der Waals surface area contributed by atoms with Gasteiger partial charge in [-0.1, -0.05) is 12.8 Å². The molecule has 0 aliphatic heterocycles. The average Bonchev–Trinajstić information content (AvgIpc) is 2.65. The van der Waals surface area contributed by atoms with Gasteiger partial charge in [-0.25, -0.2) is 0 Å². The zero-order valence-corrected chi connectivity index (χ0v) is 8.49. The number of aromatic nitrogens is 1. The van der Waals surface area contributed by atoms with Crippen LogP contribution in [-0.2, 0) is 0 Å². The lowest BCUT2D eigenvalue weighted by Gasteiger charge is -2.17. The van der Waals surface area contributed by atoms with Gasteiger partial charge in [-0.15, -0.1) is 0 Å². The first kappa shape index (κ1) is 9.31. The average molecular weight is 192 g/mol. The molecule has 1 heterocycles. The van der Waals surface area contributed by atoms with E-state index in [1.54, 1.807) is 12.1 Å². The summed E-state index contributed by atoms with van der Waals surface area (Å²) in [5.41, 5.74) is 7.52. The van der Waals surface area contributed by atoms with Gasteiger partial charge in [0.1, 0.15) is 0 Å². The number of nitrogens with two attached hydrogens (primary N) is 1. The molecular formula is C11H16N2O. The Bertz CT molecular complexity index is 389. The van der Waals surface area contributed by atoms with E-state index in [4.69, 9.17) is 5.73 Å². The van der Waals surface area contributed by atoms with Crippen molar-refractivity contribution in [2.24, 2.45) is 0 Å². The van der Waals surface area contributed by atoms with Gasteiger partial charge in [0.15, 0.2) is 0 Å². The predicted octanol–water partition coefficient (Wildman–Crippen LogP) is 1.85. The van der Waals surface area contributed by atoms with Crippen LogP contribution < -0.4 is 11.3 Å². The van der Waals surface area contributed by atoms with Gasteiger partial charge < -0.3 is 10.3 Å². The van der Waals surface area contributed by atoms with Crippen molar-refractivity contribution in [1.29, 1.82) is 0 Å². The molecule has 0 radical (unpaired) electrons. The lowest BCUT2D eigenvalue weighted by atomic mass is 10.2. The van der Waals surface area contributed by atoms with E-state index in [0.29, 0.717) is 6.04 Å². The van der Waals surface area contributed by atoms with Crippen LogP contribution in [0.4, 0.5) is 5.69 Å². The van der Waals surface area contributed by atoms with Crippen LogP contribution in [0.1, 0.15) is 37.4 Å². The molecule has 76 valence electrons. The van der Waals surface area contributed by atoms with Gasteiger partial charge in [0.25, 0.3) is 5.56 Å². The topological polar surface area (TPSA) is 48.0 Å².